The summed E-state index contributed by atoms with van der Waals surface area (Å²) in [5.41, 5.74) is 1.93. The van der Waals surface area contributed by atoms with Gasteiger partial charge in [0.2, 0.25) is 6.54 Å². The zero-order chi connectivity index (χ0) is 12.8. The lowest BCUT2D eigenvalue weighted by atomic mass is 10.2. The van der Waals surface area contributed by atoms with Crippen LogP contribution in [0.3, 0.4) is 0 Å². The van der Waals surface area contributed by atoms with Crippen LogP contribution in [0.2, 0.25) is 0 Å². The van der Waals surface area contributed by atoms with Gasteiger partial charge in [0.05, 0.1) is 6.54 Å². The monoisotopic (exact) mass is 242 g/mol. The minimum atomic E-state index is -0.293. The van der Waals surface area contributed by atoms with Crippen LogP contribution in [0, 0.1) is 10.1 Å². The first-order chi connectivity index (χ1) is 8.77. The van der Waals surface area contributed by atoms with Crippen LogP contribution in [0.5, 0.6) is 0 Å². The normalized spacial score (nSPS) is 10.0. The van der Waals surface area contributed by atoms with Crippen molar-refractivity contribution in [3.05, 3.63) is 70.8 Å². The summed E-state index contributed by atoms with van der Waals surface area (Å²) in [4.78, 5) is 12.2. The van der Waals surface area contributed by atoms with E-state index in [9.17, 15) is 10.1 Å². The largest absolute Gasteiger partial charge is 0.335 e. The molecule has 0 radical (unpaired) electrons. The number of nitro groups is 1. The van der Waals surface area contributed by atoms with Crippen LogP contribution >= 0.6 is 0 Å². The Morgan fingerprint density at radius 3 is 1.72 bits per heavy atom. The summed E-state index contributed by atoms with van der Waals surface area (Å²) in [6.07, 6.45) is 0. The average molecular weight is 242 g/mol. The van der Waals surface area contributed by atoms with Gasteiger partial charge in [-0.25, -0.2) is 0 Å². The van der Waals surface area contributed by atoms with Crippen molar-refractivity contribution in [2.24, 2.45) is 0 Å². The van der Waals surface area contributed by atoms with Gasteiger partial charge in [0.15, 0.2) is 0 Å². The van der Waals surface area contributed by atoms with Gasteiger partial charge in [0.25, 0.3) is 0 Å². The summed E-state index contributed by atoms with van der Waals surface area (Å²) >= 11 is 0. The Labute approximate surface area is 106 Å². The molecule has 0 unspecified atom stereocenters. The molecule has 0 spiro atoms. The zero-order valence-electron chi connectivity index (χ0n) is 9.90. The van der Waals surface area contributed by atoms with E-state index in [4.69, 9.17) is 0 Å². The van der Waals surface area contributed by atoms with E-state index in [0.29, 0.717) is 6.54 Å². The second-order valence-corrected chi connectivity index (χ2v) is 3.88. The van der Waals surface area contributed by atoms with Crippen LogP contribution < -0.4 is 4.90 Å². The van der Waals surface area contributed by atoms with Crippen LogP contribution in [0.1, 0.15) is 0 Å². The highest BCUT2D eigenvalue weighted by Gasteiger charge is 2.11. The predicted molar refractivity (Wildman–Crippen MR) is 71.8 cm³/mol. The maximum atomic E-state index is 10.5. The maximum Gasteiger partial charge on any atom is 0.221 e. The fourth-order valence-electron chi connectivity index (χ4n) is 1.80. The highest BCUT2D eigenvalue weighted by atomic mass is 16.6. The van der Waals surface area contributed by atoms with E-state index in [1.54, 1.807) is 0 Å². The number of anilines is 2. The Hall–Kier alpha value is -2.36. The summed E-state index contributed by atoms with van der Waals surface area (Å²) in [5, 5.41) is 10.5. The fourth-order valence-corrected chi connectivity index (χ4v) is 1.80. The summed E-state index contributed by atoms with van der Waals surface area (Å²) in [6, 6.07) is 19.4. The van der Waals surface area contributed by atoms with Gasteiger partial charge in [-0.3, -0.25) is 10.1 Å². The molecule has 0 amide bonds. The van der Waals surface area contributed by atoms with Gasteiger partial charge in [-0.05, 0) is 24.3 Å². The average Bonchev–Trinajstić information content (AvgIpc) is 2.41. The molecule has 0 saturated heterocycles. The Morgan fingerprint density at radius 1 is 0.889 bits per heavy atom. The second kappa shape index (κ2) is 5.82. The van der Waals surface area contributed by atoms with Gasteiger partial charge in [-0.2, -0.15) is 0 Å². The van der Waals surface area contributed by atoms with Crippen molar-refractivity contribution >= 4 is 11.4 Å². The first-order valence-electron chi connectivity index (χ1n) is 5.77. The van der Waals surface area contributed by atoms with E-state index in [-0.39, 0.29) is 11.5 Å². The molecule has 2 aromatic rings. The van der Waals surface area contributed by atoms with Crippen molar-refractivity contribution in [2.45, 2.75) is 0 Å². The lowest BCUT2D eigenvalue weighted by Gasteiger charge is -2.23. The van der Waals surface area contributed by atoms with Crippen molar-refractivity contribution in [3.63, 3.8) is 0 Å². The molecular formula is C14H14N2O2. The molecule has 0 fully saturated rings. The molecule has 2 aromatic carbocycles. The minimum absolute atomic E-state index is 0.0796. The molecule has 0 saturated carbocycles. The van der Waals surface area contributed by atoms with Gasteiger partial charge < -0.3 is 4.90 Å². The third-order valence-corrected chi connectivity index (χ3v) is 2.64. The number of rotatable bonds is 5. The molecule has 0 aliphatic heterocycles. The van der Waals surface area contributed by atoms with Crippen LogP contribution in [-0.2, 0) is 0 Å². The molecule has 2 rings (SSSR count). The molecule has 0 N–H and O–H groups in total. The first-order valence-corrected chi connectivity index (χ1v) is 5.77. The zero-order valence-corrected chi connectivity index (χ0v) is 9.90. The number of hydrogen-bond donors (Lipinski definition) is 0. The smallest absolute Gasteiger partial charge is 0.221 e. The van der Waals surface area contributed by atoms with Gasteiger partial charge in [0, 0.05) is 16.3 Å². The Morgan fingerprint density at radius 2 is 1.33 bits per heavy atom. The minimum Gasteiger partial charge on any atom is -0.335 e. The molecule has 0 heterocycles. The van der Waals surface area contributed by atoms with E-state index < -0.39 is 0 Å². The van der Waals surface area contributed by atoms with Crippen molar-refractivity contribution in [1.82, 2.24) is 0 Å². The highest BCUT2D eigenvalue weighted by molar-refractivity contribution is 5.62. The summed E-state index contributed by atoms with van der Waals surface area (Å²) in [5.74, 6) is 0. The molecule has 0 aliphatic carbocycles. The molecule has 4 nitrogen and oxygen atoms in total. The number of hydrogen-bond acceptors (Lipinski definition) is 3. The third kappa shape index (κ3) is 3.07. The molecular weight excluding hydrogens is 228 g/mol. The quantitative estimate of drug-likeness (QED) is 0.598. The van der Waals surface area contributed by atoms with Gasteiger partial charge in [0.1, 0.15) is 0 Å². The molecule has 0 atom stereocenters. The highest BCUT2D eigenvalue weighted by Crippen LogP contribution is 2.24. The van der Waals surface area contributed by atoms with E-state index in [1.807, 2.05) is 65.6 Å². The molecule has 92 valence electrons. The van der Waals surface area contributed by atoms with Crippen LogP contribution in [-0.4, -0.2) is 18.0 Å². The summed E-state index contributed by atoms with van der Waals surface area (Å²) in [7, 11) is 0. The Balaban J connectivity index is 2.26. The summed E-state index contributed by atoms with van der Waals surface area (Å²) in [6.45, 7) is 0.283. The van der Waals surface area contributed by atoms with E-state index >= 15 is 0 Å². The number of benzene rings is 2. The standard InChI is InChI=1S/C14H14N2O2/c17-16(18)12-11-15(13-7-3-1-4-8-13)14-9-5-2-6-10-14/h1-10H,11-12H2. The Bertz CT molecular complexity index is 460. The maximum absolute atomic E-state index is 10.5. The predicted octanol–water partition coefficient (Wildman–Crippen LogP) is 3.10. The lowest BCUT2D eigenvalue weighted by molar-refractivity contribution is -0.476. The van der Waals surface area contributed by atoms with Crippen molar-refractivity contribution in [3.8, 4) is 0 Å². The second-order valence-electron chi connectivity index (χ2n) is 3.88. The van der Waals surface area contributed by atoms with Gasteiger partial charge in [-0.15, -0.1) is 0 Å². The molecule has 0 aromatic heterocycles. The third-order valence-electron chi connectivity index (χ3n) is 2.64. The van der Waals surface area contributed by atoms with Crippen molar-refractivity contribution in [2.75, 3.05) is 18.0 Å². The number of para-hydroxylation sites is 2. The van der Waals surface area contributed by atoms with Crippen LogP contribution in [0.25, 0.3) is 0 Å². The SMILES string of the molecule is O=[N+]([O-])CCN(c1ccccc1)c1ccccc1. The summed E-state index contributed by atoms with van der Waals surface area (Å²) < 4.78 is 0. The van der Waals surface area contributed by atoms with E-state index in [0.717, 1.165) is 11.4 Å². The van der Waals surface area contributed by atoms with Gasteiger partial charge in [-0.1, -0.05) is 36.4 Å². The number of nitrogens with zero attached hydrogens (tertiary/aromatic N) is 2. The molecule has 0 bridgehead atoms. The van der Waals surface area contributed by atoms with Crippen molar-refractivity contribution in [1.29, 1.82) is 0 Å². The molecule has 0 aliphatic rings. The molecule has 4 heteroatoms. The lowest BCUT2D eigenvalue weighted by Crippen LogP contribution is -2.24. The molecule has 18 heavy (non-hydrogen) atoms. The van der Waals surface area contributed by atoms with E-state index in [1.165, 1.54) is 0 Å². The van der Waals surface area contributed by atoms with Crippen molar-refractivity contribution < 1.29 is 4.92 Å². The Kier molecular flexibility index (Phi) is 3.91. The van der Waals surface area contributed by atoms with Crippen LogP contribution in [0.4, 0.5) is 11.4 Å². The first kappa shape index (κ1) is 12.1. The van der Waals surface area contributed by atoms with Crippen LogP contribution in [0.15, 0.2) is 60.7 Å². The van der Waals surface area contributed by atoms with Gasteiger partial charge >= 0.3 is 0 Å². The van der Waals surface area contributed by atoms with E-state index in [2.05, 4.69) is 0 Å². The topological polar surface area (TPSA) is 46.4 Å². The fraction of sp³-hybridized carbons (Fsp3) is 0.143.